The second-order valence-electron chi connectivity index (χ2n) is 5.75. The number of rotatable bonds is 6. The van der Waals surface area contributed by atoms with Crippen LogP contribution in [0.1, 0.15) is 38.2 Å². The fraction of sp³-hybridized carbons (Fsp3) is 0.625. The zero-order chi connectivity index (χ0) is 12.5. The topological polar surface area (TPSA) is 21.3 Å². The van der Waals surface area contributed by atoms with E-state index < -0.39 is 0 Å². The zero-order valence-corrected chi connectivity index (χ0v) is 11.4. The lowest BCUT2D eigenvalue weighted by Crippen LogP contribution is -2.24. The van der Waals surface area contributed by atoms with Crippen LogP contribution in [0.25, 0.3) is 0 Å². The monoisotopic (exact) mass is 245 g/mol. The molecule has 98 valence electrons. The average molecular weight is 245 g/mol. The highest BCUT2D eigenvalue weighted by Crippen LogP contribution is 2.46. The molecule has 0 unspecified atom stereocenters. The maximum absolute atomic E-state index is 5.54. The third kappa shape index (κ3) is 2.63. The molecule has 0 atom stereocenters. The minimum absolute atomic E-state index is 0.724. The third-order valence-corrected chi connectivity index (χ3v) is 4.09. The quantitative estimate of drug-likeness (QED) is 0.818. The second-order valence-corrected chi connectivity index (χ2v) is 5.75. The van der Waals surface area contributed by atoms with Gasteiger partial charge in [0, 0.05) is 11.7 Å². The van der Waals surface area contributed by atoms with Crippen LogP contribution < -0.4 is 10.1 Å². The Kier molecular flexibility index (Phi) is 3.19. The molecule has 0 heterocycles. The number of aryl methyl sites for hydroxylation is 1. The smallest absolute Gasteiger partial charge is 0.119 e. The Bertz CT molecular complexity index is 409. The van der Waals surface area contributed by atoms with E-state index in [0.717, 1.165) is 30.2 Å². The average Bonchev–Trinajstić information content (AvgIpc) is 3.22. The predicted molar refractivity (Wildman–Crippen MR) is 75.2 cm³/mol. The molecule has 2 aliphatic carbocycles. The highest BCUT2D eigenvalue weighted by Gasteiger charge is 2.41. The summed E-state index contributed by atoms with van der Waals surface area (Å²) in [6.07, 6.45) is 5.68. The van der Waals surface area contributed by atoms with Crippen LogP contribution in [0.5, 0.6) is 5.75 Å². The number of ether oxygens (including phenoxy) is 1. The molecule has 0 amide bonds. The van der Waals surface area contributed by atoms with Gasteiger partial charge in [-0.1, -0.05) is 0 Å². The van der Waals surface area contributed by atoms with Crippen molar-refractivity contribution >= 4 is 5.69 Å². The molecule has 2 heteroatoms. The van der Waals surface area contributed by atoms with E-state index in [1.54, 1.807) is 0 Å². The zero-order valence-electron chi connectivity index (χ0n) is 11.4. The van der Waals surface area contributed by atoms with Crippen LogP contribution in [0.15, 0.2) is 18.2 Å². The van der Waals surface area contributed by atoms with Crippen LogP contribution in [0, 0.1) is 18.8 Å². The number of anilines is 1. The van der Waals surface area contributed by atoms with Gasteiger partial charge in [-0.25, -0.2) is 0 Å². The molecule has 2 aliphatic rings. The summed E-state index contributed by atoms with van der Waals surface area (Å²) in [5.41, 5.74) is 2.59. The summed E-state index contributed by atoms with van der Waals surface area (Å²) in [4.78, 5) is 0. The van der Waals surface area contributed by atoms with Crippen molar-refractivity contribution in [3.63, 3.8) is 0 Å². The molecular formula is C16H23NO. The molecule has 0 aromatic heterocycles. The molecule has 0 saturated heterocycles. The molecule has 0 aliphatic heterocycles. The van der Waals surface area contributed by atoms with Crippen molar-refractivity contribution in [3.8, 4) is 5.75 Å². The number of hydrogen-bond acceptors (Lipinski definition) is 2. The van der Waals surface area contributed by atoms with E-state index in [1.807, 2.05) is 6.92 Å². The fourth-order valence-corrected chi connectivity index (χ4v) is 2.77. The van der Waals surface area contributed by atoms with Gasteiger partial charge in [-0.2, -0.15) is 0 Å². The van der Waals surface area contributed by atoms with E-state index >= 15 is 0 Å². The first kappa shape index (κ1) is 11.9. The molecular weight excluding hydrogens is 222 g/mol. The molecule has 0 spiro atoms. The van der Waals surface area contributed by atoms with Gasteiger partial charge in [0.05, 0.1) is 6.61 Å². The predicted octanol–water partition coefficient (Wildman–Crippen LogP) is 3.99. The van der Waals surface area contributed by atoms with Crippen LogP contribution in [-0.2, 0) is 0 Å². The second kappa shape index (κ2) is 4.83. The van der Waals surface area contributed by atoms with Crippen LogP contribution >= 0.6 is 0 Å². The van der Waals surface area contributed by atoms with Crippen molar-refractivity contribution in [2.75, 3.05) is 11.9 Å². The van der Waals surface area contributed by atoms with Crippen LogP contribution in [-0.4, -0.2) is 12.6 Å². The van der Waals surface area contributed by atoms with Crippen molar-refractivity contribution < 1.29 is 4.74 Å². The Morgan fingerprint density at radius 2 is 1.89 bits per heavy atom. The number of hydrogen-bond donors (Lipinski definition) is 1. The molecule has 1 N–H and O–H groups in total. The summed E-state index contributed by atoms with van der Waals surface area (Å²) in [5, 5.41) is 3.78. The first-order valence-corrected chi connectivity index (χ1v) is 7.28. The molecule has 2 saturated carbocycles. The van der Waals surface area contributed by atoms with Gasteiger partial charge in [-0.05, 0) is 75.1 Å². The Morgan fingerprint density at radius 1 is 1.22 bits per heavy atom. The molecule has 0 bridgehead atoms. The van der Waals surface area contributed by atoms with Crippen molar-refractivity contribution in [3.05, 3.63) is 23.8 Å². The molecule has 0 radical (unpaired) electrons. The summed E-state index contributed by atoms with van der Waals surface area (Å²) in [5.74, 6) is 2.85. The highest BCUT2D eigenvalue weighted by molar-refractivity contribution is 5.54. The maximum Gasteiger partial charge on any atom is 0.119 e. The van der Waals surface area contributed by atoms with Gasteiger partial charge >= 0.3 is 0 Å². The summed E-state index contributed by atoms with van der Waals surface area (Å²) >= 11 is 0. The molecule has 1 aromatic rings. The number of benzene rings is 1. The van der Waals surface area contributed by atoms with Crippen LogP contribution in [0.4, 0.5) is 5.69 Å². The van der Waals surface area contributed by atoms with Crippen molar-refractivity contribution in [1.29, 1.82) is 0 Å². The first-order chi connectivity index (χ1) is 8.78. The van der Waals surface area contributed by atoms with E-state index in [1.165, 1.54) is 36.9 Å². The van der Waals surface area contributed by atoms with Crippen molar-refractivity contribution in [2.24, 2.45) is 11.8 Å². The van der Waals surface area contributed by atoms with Gasteiger partial charge in [-0.3, -0.25) is 0 Å². The summed E-state index contributed by atoms with van der Waals surface area (Å²) in [6.45, 7) is 4.93. The molecule has 3 rings (SSSR count). The van der Waals surface area contributed by atoms with Gasteiger partial charge in [0.1, 0.15) is 5.75 Å². The lowest BCUT2D eigenvalue weighted by Gasteiger charge is -2.21. The normalized spacial score (nSPS) is 19.1. The Balaban J connectivity index is 1.70. The van der Waals surface area contributed by atoms with E-state index in [4.69, 9.17) is 4.74 Å². The number of nitrogens with one attached hydrogen (secondary N) is 1. The first-order valence-electron chi connectivity index (χ1n) is 7.28. The Hall–Kier alpha value is -1.18. The van der Waals surface area contributed by atoms with Gasteiger partial charge in [0.15, 0.2) is 0 Å². The SMILES string of the molecule is CCOc1ccc(NC(C2CC2)C2CC2)c(C)c1. The molecule has 18 heavy (non-hydrogen) atoms. The van der Waals surface area contributed by atoms with Gasteiger partial charge < -0.3 is 10.1 Å². The Labute approximate surface area is 110 Å². The van der Waals surface area contributed by atoms with Crippen LogP contribution in [0.2, 0.25) is 0 Å². The van der Waals surface area contributed by atoms with E-state index in [9.17, 15) is 0 Å². The van der Waals surface area contributed by atoms with Gasteiger partial charge in [0.2, 0.25) is 0 Å². The summed E-state index contributed by atoms with van der Waals surface area (Å²) in [7, 11) is 0. The molecule has 1 aromatic carbocycles. The fourth-order valence-electron chi connectivity index (χ4n) is 2.77. The molecule has 2 fully saturated rings. The van der Waals surface area contributed by atoms with Crippen molar-refractivity contribution in [2.45, 2.75) is 45.6 Å². The van der Waals surface area contributed by atoms with Gasteiger partial charge in [-0.15, -0.1) is 0 Å². The maximum atomic E-state index is 5.54. The third-order valence-electron chi connectivity index (χ3n) is 4.09. The van der Waals surface area contributed by atoms with E-state index in [0.29, 0.717) is 0 Å². The summed E-state index contributed by atoms with van der Waals surface area (Å²) in [6, 6.07) is 7.12. The van der Waals surface area contributed by atoms with E-state index in [2.05, 4.69) is 30.4 Å². The lowest BCUT2D eigenvalue weighted by atomic mass is 10.1. The minimum atomic E-state index is 0.724. The standard InChI is InChI=1S/C16H23NO/c1-3-18-14-8-9-15(11(2)10-14)17-16(12-4-5-12)13-6-7-13/h8-10,12-13,16-17H,3-7H2,1-2H3. The minimum Gasteiger partial charge on any atom is -0.494 e. The Morgan fingerprint density at radius 3 is 2.39 bits per heavy atom. The largest absolute Gasteiger partial charge is 0.494 e. The van der Waals surface area contributed by atoms with Crippen molar-refractivity contribution in [1.82, 2.24) is 0 Å². The van der Waals surface area contributed by atoms with Crippen LogP contribution in [0.3, 0.4) is 0 Å². The van der Waals surface area contributed by atoms with E-state index in [-0.39, 0.29) is 0 Å². The highest BCUT2D eigenvalue weighted by atomic mass is 16.5. The summed E-state index contributed by atoms with van der Waals surface area (Å²) < 4.78 is 5.54. The lowest BCUT2D eigenvalue weighted by molar-refractivity contribution is 0.340. The van der Waals surface area contributed by atoms with Gasteiger partial charge in [0.25, 0.3) is 0 Å². The molecule has 2 nitrogen and oxygen atoms in total.